The predicted molar refractivity (Wildman–Crippen MR) is 90.9 cm³/mol. The zero-order valence-electron chi connectivity index (χ0n) is 14.7. The number of fused-ring (bicyclic) bond motifs is 1. The molecular formula is C18H13F6N3O2. The number of aromatic nitrogens is 2. The van der Waals surface area contributed by atoms with Crippen LogP contribution in [0.3, 0.4) is 0 Å². The van der Waals surface area contributed by atoms with Crippen LogP contribution in [0.15, 0.2) is 42.7 Å². The molecule has 1 aromatic carbocycles. The average molecular weight is 417 g/mol. The fraction of sp³-hybridized carbons (Fsp3) is 0.222. The van der Waals surface area contributed by atoms with Crippen LogP contribution in [0.1, 0.15) is 21.6 Å². The van der Waals surface area contributed by atoms with Crippen molar-refractivity contribution in [3.63, 3.8) is 0 Å². The largest absolute Gasteiger partial charge is 0.483 e. The molecule has 0 aliphatic carbocycles. The molecule has 0 radical (unpaired) electrons. The number of carbonyl (C=O) groups excluding carboxylic acids is 1. The number of imidazole rings is 1. The van der Waals surface area contributed by atoms with E-state index in [0.717, 1.165) is 17.7 Å². The summed E-state index contributed by atoms with van der Waals surface area (Å²) in [4.78, 5) is 16.5. The van der Waals surface area contributed by atoms with Crippen molar-refractivity contribution in [2.45, 2.75) is 19.3 Å². The highest BCUT2D eigenvalue weighted by Crippen LogP contribution is 2.38. The number of anilines is 1. The van der Waals surface area contributed by atoms with Gasteiger partial charge in [0.05, 0.1) is 11.8 Å². The van der Waals surface area contributed by atoms with Crippen molar-refractivity contribution in [2.24, 2.45) is 0 Å². The number of alkyl halides is 6. The van der Waals surface area contributed by atoms with Crippen molar-refractivity contribution in [3.05, 3.63) is 59.5 Å². The normalized spacial score (nSPS) is 12.2. The van der Waals surface area contributed by atoms with Crippen LogP contribution >= 0.6 is 0 Å². The van der Waals surface area contributed by atoms with Crippen LogP contribution in [0.25, 0.3) is 5.65 Å². The Kier molecular flexibility index (Phi) is 5.16. The second-order valence-corrected chi connectivity index (χ2v) is 6.14. The molecule has 0 spiro atoms. The smallest absolute Gasteiger partial charge is 0.422 e. The summed E-state index contributed by atoms with van der Waals surface area (Å²) >= 11 is 0. The summed E-state index contributed by atoms with van der Waals surface area (Å²) in [5, 5.41) is 2.29. The molecule has 0 aliphatic rings. The Hall–Kier alpha value is -3.24. The van der Waals surface area contributed by atoms with Crippen LogP contribution in [0, 0.1) is 6.92 Å². The first-order chi connectivity index (χ1) is 13.4. The minimum atomic E-state index is -4.98. The quantitative estimate of drug-likeness (QED) is 0.618. The van der Waals surface area contributed by atoms with Crippen LogP contribution in [-0.2, 0) is 6.18 Å². The number of ether oxygens (including phenoxy) is 1. The van der Waals surface area contributed by atoms with Gasteiger partial charge in [-0.1, -0.05) is 6.07 Å². The van der Waals surface area contributed by atoms with Crippen molar-refractivity contribution in [3.8, 4) is 5.75 Å². The molecule has 1 amide bonds. The number of aryl methyl sites for hydroxylation is 1. The number of carbonyl (C=O) groups is 1. The van der Waals surface area contributed by atoms with Gasteiger partial charge < -0.3 is 10.1 Å². The van der Waals surface area contributed by atoms with Crippen LogP contribution < -0.4 is 10.1 Å². The molecule has 5 nitrogen and oxygen atoms in total. The summed E-state index contributed by atoms with van der Waals surface area (Å²) in [6.07, 6.45) is -6.89. The van der Waals surface area contributed by atoms with Gasteiger partial charge in [0.25, 0.3) is 5.91 Å². The van der Waals surface area contributed by atoms with Gasteiger partial charge in [-0.05, 0) is 36.8 Å². The third kappa shape index (κ3) is 4.79. The zero-order valence-corrected chi connectivity index (χ0v) is 14.7. The Morgan fingerprint density at radius 1 is 1.14 bits per heavy atom. The van der Waals surface area contributed by atoms with Crippen LogP contribution in [0.5, 0.6) is 5.75 Å². The number of rotatable bonds is 4. The number of amides is 1. The number of hydrogen-bond acceptors (Lipinski definition) is 3. The van der Waals surface area contributed by atoms with Gasteiger partial charge in [0, 0.05) is 11.9 Å². The molecule has 0 unspecified atom stereocenters. The first-order valence-corrected chi connectivity index (χ1v) is 8.10. The van der Waals surface area contributed by atoms with Gasteiger partial charge >= 0.3 is 12.4 Å². The van der Waals surface area contributed by atoms with E-state index in [-0.39, 0.29) is 11.4 Å². The van der Waals surface area contributed by atoms with Gasteiger partial charge in [0.1, 0.15) is 17.1 Å². The van der Waals surface area contributed by atoms with E-state index in [1.165, 1.54) is 10.6 Å². The van der Waals surface area contributed by atoms with Gasteiger partial charge in [-0.2, -0.15) is 26.3 Å². The lowest BCUT2D eigenvalue weighted by Gasteiger charge is -2.16. The van der Waals surface area contributed by atoms with Crippen molar-refractivity contribution in [1.82, 2.24) is 9.38 Å². The summed E-state index contributed by atoms with van der Waals surface area (Å²) in [5.41, 5.74) is -0.324. The molecule has 11 heteroatoms. The maximum absolute atomic E-state index is 13.2. The predicted octanol–water partition coefficient (Wildman–Crippen LogP) is 4.85. The molecule has 154 valence electrons. The van der Waals surface area contributed by atoms with Gasteiger partial charge in [-0.15, -0.1) is 0 Å². The molecule has 0 saturated carbocycles. The number of hydrogen-bond donors (Lipinski definition) is 1. The highest BCUT2D eigenvalue weighted by molar-refractivity contribution is 6.03. The molecule has 0 fully saturated rings. The fourth-order valence-electron chi connectivity index (χ4n) is 2.56. The second-order valence-electron chi connectivity index (χ2n) is 6.14. The number of pyridine rings is 1. The molecule has 3 aromatic rings. The molecular weight excluding hydrogens is 404 g/mol. The van der Waals surface area contributed by atoms with Crippen LogP contribution in [0.2, 0.25) is 0 Å². The maximum atomic E-state index is 13.2. The Labute approximate surface area is 159 Å². The topological polar surface area (TPSA) is 55.6 Å². The highest BCUT2D eigenvalue weighted by atomic mass is 19.4. The third-order valence-corrected chi connectivity index (χ3v) is 3.82. The summed E-state index contributed by atoms with van der Waals surface area (Å²) in [6, 6.07) is 5.70. The standard InChI is InChI=1S/C18H13F6N3O2/c1-10-2-5-15-25-7-13(27(15)8-10)16(28)26-11-3-4-14(29-9-17(19,20)21)12(6-11)18(22,23)24/h2-8H,9H2,1H3,(H,26,28). The molecule has 2 heterocycles. The first-order valence-electron chi connectivity index (χ1n) is 8.10. The Morgan fingerprint density at radius 3 is 2.52 bits per heavy atom. The molecule has 29 heavy (non-hydrogen) atoms. The summed E-state index contributed by atoms with van der Waals surface area (Å²) in [5.74, 6) is -1.72. The monoisotopic (exact) mass is 417 g/mol. The molecule has 0 aliphatic heterocycles. The molecule has 2 aromatic heterocycles. The molecule has 3 rings (SSSR count). The number of benzene rings is 1. The van der Waals surface area contributed by atoms with Gasteiger partial charge in [-0.25, -0.2) is 4.98 Å². The average Bonchev–Trinajstić information content (AvgIpc) is 3.02. The van der Waals surface area contributed by atoms with Crippen molar-refractivity contribution >= 4 is 17.2 Å². The summed E-state index contributed by atoms with van der Waals surface area (Å²) < 4.78 is 82.2. The van der Waals surface area contributed by atoms with E-state index in [0.29, 0.717) is 11.7 Å². The van der Waals surface area contributed by atoms with Crippen molar-refractivity contribution < 1.29 is 35.9 Å². The molecule has 0 atom stereocenters. The second kappa shape index (κ2) is 7.30. The van der Waals surface area contributed by atoms with Crippen molar-refractivity contribution in [1.29, 1.82) is 0 Å². The Bertz CT molecular complexity index is 1060. The van der Waals surface area contributed by atoms with Crippen molar-refractivity contribution in [2.75, 3.05) is 11.9 Å². The Balaban J connectivity index is 1.88. The maximum Gasteiger partial charge on any atom is 0.422 e. The summed E-state index contributed by atoms with van der Waals surface area (Å²) in [6.45, 7) is -0.0840. The molecule has 1 N–H and O–H groups in total. The lowest BCUT2D eigenvalue weighted by atomic mass is 10.1. The first kappa shape index (κ1) is 20.5. The Morgan fingerprint density at radius 2 is 1.86 bits per heavy atom. The van der Waals surface area contributed by atoms with E-state index in [4.69, 9.17) is 0 Å². The zero-order chi connectivity index (χ0) is 21.4. The van der Waals surface area contributed by atoms with E-state index in [1.54, 1.807) is 25.3 Å². The number of nitrogens with zero attached hydrogens (tertiary/aromatic N) is 2. The number of nitrogens with one attached hydrogen (secondary N) is 1. The van der Waals surface area contributed by atoms with E-state index in [2.05, 4.69) is 15.0 Å². The van der Waals surface area contributed by atoms with Gasteiger partial charge in [0.2, 0.25) is 0 Å². The minimum absolute atomic E-state index is 0.0784. The molecule has 0 saturated heterocycles. The lowest BCUT2D eigenvalue weighted by molar-refractivity contribution is -0.158. The van der Waals surface area contributed by atoms with E-state index >= 15 is 0 Å². The minimum Gasteiger partial charge on any atom is -0.483 e. The highest BCUT2D eigenvalue weighted by Gasteiger charge is 2.36. The third-order valence-electron chi connectivity index (χ3n) is 3.82. The van der Waals surface area contributed by atoms with Crippen LogP contribution in [-0.4, -0.2) is 28.1 Å². The lowest BCUT2D eigenvalue weighted by Crippen LogP contribution is -2.21. The van der Waals surface area contributed by atoms with E-state index in [1.807, 2.05) is 0 Å². The number of halogens is 6. The summed E-state index contributed by atoms with van der Waals surface area (Å²) in [7, 11) is 0. The van der Waals surface area contributed by atoms with Crippen LogP contribution in [0.4, 0.5) is 32.0 Å². The van der Waals surface area contributed by atoms with E-state index < -0.39 is 36.2 Å². The SMILES string of the molecule is Cc1ccc2ncc(C(=O)Nc3ccc(OCC(F)(F)F)c(C(F)(F)F)c3)n2c1. The van der Waals surface area contributed by atoms with E-state index in [9.17, 15) is 31.1 Å². The fourth-order valence-corrected chi connectivity index (χ4v) is 2.56. The molecule has 0 bridgehead atoms. The van der Waals surface area contributed by atoms with Gasteiger partial charge in [-0.3, -0.25) is 9.20 Å². The van der Waals surface area contributed by atoms with Gasteiger partial charge in [0.15, 0.2) is 6.61 Å².